The van der Waals surface area contributed by atoms with Crippen molar-refractivity contribution in [3.63, 3.8) is 0 Å². The van der Waals surface area contributed by atoms with E-state index >= 15 is 0 Å². The van der Waals surface area contributed by atoms with Crippen molar-refractivity contribution in [3.8, 4) is 11.5 Å². The number of piperidine rings is 1. The zero-order chi connectivity index (χ0) is 23.3. The van der Waals surface area contributed by atoms with Gasteiger partial charge in [-0.3, -0.25) is 4.90 Å². The minimum absolute atomic E-state index is 0.0210. The van der Waals surface area contributed by atoms with E-state index < -0.39 is 11.7 Å². The molecule has 2 aromatic rings. The standard InChI is InChI=1S/C24H30ClN3O5/c25-19-2-1-3-21(14-19)33-17-24(31)16-27(10-8-22(24)29)15-18-4-6-20(7-5-18)32-13-12-28-11-9-26-23(28)30/h1-7,14,22,29,31H,8-13,15-17H2,(H,26,30)/t22-,24-/m0/s1. The summed E-state index contributed by atoms with van der Waals surface area (Å²) in [5.41, 5.74) is -0.290. The number of nitrogens with one attached hydrogen (secondary N) is 1. The zero-order valence-corrected chi connectivity index (χ0v) is 19.2. The van der Waals surface area contributed by atoms with E-state index in [0.717, 1.165) is 11.3 Å². The van der Waals surface area contributed by atoms with Gasteiger partial charge in [0.15, 0.2) is 0 Å². The van der Waals surface area contributed by atoms with Crippen LogP contribution in [0.4, 0.5) is 4.79 Å². The number of likely N-dealkylation sites (tertiary alicyclic amines) is 1. The minimum atomic E-state index is -1.37. The predicted octanol–water partition coefficient (Wildman–Crippen LogP) is 2.12. The molecule has 2 atom stereocenters. The van der Waals surface area contributed by atoms with E-state index in [1.165, 1.54) is 0 Å². The molecular formula is C24H30ClN3O5. The van der Waals surface area contributed by atoms with Crippen molar-refractivity contribution in [2.45, 2.75) is 24.7 Å². The molecule has 2 heterocycles. The maximum atomic E-state index is 11.6. The molecular weight excluding hydrogens is 446 g/mol. The lowest BCUT2D eigenvalue weighted by Gasteiger charge is -2.42. The van der Waals surface area contributed by atoms with Gasteiger partial charge < -0.3 is 29.9 Å². The van der Waals surface area contributed by atoms with Crippen molar-refractivity contribution in [2.75, 3.05) is 45.9 Å². The van der Waals surface area contributed by atoms with Crippen LogP contribution in [0.3, 0.4) is 0 Å². The number of urea groups is 1. The van der Waals surface area contributed by atoms with E-state index in [4.69, 9.17) is 21.1 Å². The van der Waals surface area contributed by atoms with Gasteiger partial charge in [0.1, 0.15) is 30.3 Å². The summed E-state index contributed by atoms with van der Waals surface area (Å²) >= 11 is 5.99. The van der Waals surface area contributed by atoms with Gasteiger partial charge in [0.05, 0.1) is 12.6 Å². The number of nitrogens with zero attached hydrogens (tertiary/aromatic N) is 2. The van der Waals surface area contributed by atoms with Crippen molar-refractivity contribution in [2.24, 2.45) is 0 Å². The van der Waals surface area contributed by atoms with Crippen LogP contribution in [-0.2, 0) is 6.54 Å². The van der Waals surface area contributed by atoms with Gasteiger partial charge in [-0.1, -0.05) is 29.8 Å². The molecule has 0 radical (unpaired) electrons. The van der Waals surface area contributed by atoms with Crippen LogP contribution in [0, 0.1) is 0 Å². The highest BCUT2D eigenvalue weighted by atomic mass is 35.5. The first-order valence-corrected chi connectivity index (χ1v) is 11.5. The number of ether oxygens (including phenoxy) is 2. The van der Waals surface area contributed by atoms with Crippen molar-refractivity contribution in [1.29, 1.82) is 0 Å². The molecule has 0 saturated carbocycles. The number of hydrogen-bond acceptors (Lipinski definition) is 6. The average Bonchev–Trinajstić information content (AvgIpc) is 3.21. The van der Waals surface area contributed by atoms with Crippen LogP contribution in [0.1, 0.15) is 12.0 Å². The van der Waals surface area contributed by atoms with Gasteiger partial charge in [0.25, 0.3) is 0 Å². The zero-order valence-electron chi connectivity index (χ0n) is 18.5. The fourth-order valence-electron chi connectivity index (χ4n) is 4.13. The molecule has 2 saturated heterocycles. The van der Waals surface area contributed by atoms with Crippen LogP contribution in [0.15, 0.2) is 48.5 Å². The SMILES string of the molecule is O=C1NCCN1CCOc1ccc(CN2CC[C@H](O)[C@@](O)(COc3cccc(Cl)c3)C2)cc1. The molecule has 33 heavy (non-hydrogen) atoms. The summed E-state index contributed by atoms with van der Waals surface area (Å²) in [5, 5.41) is 24.8. The molecule has 9 heteroatoms. The molecule has 2 aliphatic heterocycles. The molecule has 178 valence electrons. The Labute approximate surface area is 198 Å². The monoisotopic (exact) mass is 475 g/mol. The van der Waals surface area contributed by atoms with Crippen LogP contribution in [0.25, 0.3) is 0 Å². The average molecular weight is 476 g/mol. The normalized spacial score (nSPS) is 23.4. The third kappa shape index (κ3) is 6.29. The van der Waals surface area contributed by atoms with E-state index in [0.29, 0.717) is 63.1 Å². The van der Waals surface area contributed by atoms with Gasteiger partial charge in [-0.2, -0.15) is 0 Å². The lowest BCUT2D eigenvalue weighted by molar-refractivity contribution is -0.140. The summed E-state index contributed by atoms with van der Waals surface area (Å²) < 4.78 is 11.5. The Bertz CT molecular complexity index is 944. The number of benzene rings is 2. The van der Waals surface area contributed by atoms with Gasteiger partial charge in [-0.05, 0) is 42.3 Å². The van der Waals surface area contributed by atoms with E-state index in [9.17, 15) is 15.0 Å². The summed E-state index contributed by atoms with van der Waals surface area (Å²) in [6.45, 7) is 3.98. The Kier molecular flexibility index (Phi) is 7.60. The van der Waals surface area contributed by atoms with E-state index in [1.54, 1.807) is 29.2 Å². The molecule has 0 aliphatic carbocycles. The number of carbonyl (C=O) groups is 1. The number of aliphatic hydroxyl groups excluding tert-OH is 1. The molecule has 0 bridgehead atoms. The number of rotatable bonds is 9. The first-order chi connectivity index (χ1) is 15.9. The van der Waals surface area contributed by atoms with E-state index in [1.807, 2.05) is 24.3 Å². The number of amides is 2. The first kappa shape index (κ1) is 23.6. The van der Waals surface area contributed by atoms with Crippen molar-refractivity contribution in [1.82, 2.24) is 15.1 Å². The number of β-amino-alcohol motifs (C(OH)–C–C–N with tert-alkyl or cyclic N) is 1. The lowest BCUT2D eigenvalue weighted by atomic mass is 9.90. The summed E-state index contributed by atoms with van der Waals surface area (Å²) in [5.74, 6) is 1.31. The smallest absolute Gasteiger partial charge is 0.317 e. The molecule has 8 nitrogen and oxygen atoms in total. The van der Waals surface area contributed by atoms with Gasteiger partial charge in [0.2, 0.25) is 0 Å². The first-order valence-electron chi connectivity index (χ1n) is 11.2. The summed E-state index contributed by atoms with van der Waals surface area (Å²) in [7, 11) is 0. The van der Waals surface area contributed by atoms with E-state index in [-0.39, 0.29) is 12.6 Å². The molecule has 4 rings (SSSR count). The van der Waals surface area contributed by atoms with Gasteiger partial charge in [0, 0.05) is 37.7 Å². The second-order valence-corrected chi connectivity index (χ2v) is 9.01. The second-order valence-electron chi connectivity index (χ2n) is 8.58. The highest BCUT2D eigenvalue weighted by Gasteiger charge is 2.42. The van der Waals surface area contributed by atoms with Crippen molar-refractivity contribution < 1.29 is 24.5 Å². The molecule has 2 aliphatic rings. The van der Waals surface area contributed by atoms with Crippen LogP contribution in [0.2, 0.25) is 5.02 Å². The predicted molar refractivity (Wildman–Crippen MR) is 125 cm³/mol. The Hall–Kier alpha value is -2.52. The Morgan fingerprint density at radius 1 is 1.12 bits per heavy atom. The molecule has 0 spiro atoms. The number of aliphatic hydroxyl groups is 2. The maximum Gasteiger partial charge on any atom is 0.317 e. The second kappa shape index (κ2) is 10.6. The molecule has 2 amide bonds. The Morgan fingerprint density at radius 3 is 2.67 bits per heavy atom. The van der Waals surface area contributed by atoms with Crippen LogP contribution >= 0.6 is 11.6 Å². The quantitative estimate of drug-likeness (QED) is 0.514. The molecule has 0 aromatic heterocycles. The lowest BCUT2D eigenvalue weighted by Crippen LogP contribution is -2.59. The summed E-state index contributed by atoms with van der Waals surface area (Å²) in [6, 6.07) is 14.7. The highest BCUT2D eigenvalue weighted by Crippen LogP contribution is 2.26. The molecule has 3 N–H and O–H groups in total. The number of carbonyl (C=O) groups excluding carboxylic acids is 1. The van der Waals surface area contributed by atoms with Crippen molar-refractivity contribution >= 4 is 17.6 Å². The number of halogens is 1. The van der Waals surface area contributed by atoms with Crippen molar-refractivity contribution in [3.05, 3.63) is 59.1 Å². The van der Waals surface area contributed by atoms with E-state index in [2.05, 4.69) is 10.2 Å². The number of hydrogen-bond donors (Lipinski definition) is 3. The molecule has 2 fully saturated rings. The fourth-order valence-corrected chi connectivity index (χ4v) is 4.31. The highest BCUT2D eigenvalue weighted by molar-refractivity contribution is 6.30. The van der Waals surface area contributed by atoms with Gasteiger partial charge in [-0.25, -0.2) is 4.79 Å². The molecule has 2 aromatic carbocycles. The fraction of sp³-hybridized carbons (Fsp3) is 0.458. The topological polar surface area (TPSA) is 94.5 Å². The minimum Gasteiger partial charge on any atom is -0.492 e. The third-order valence-corrected chi connectivity index (χ3v) is 6.26. The largest absolute Gasteiger partial charge is 0.492 e. The van der Waals surface area contributed by atoms with Gasteiger partial charge in [-0.15, -0.1) is 0 Å². The summed E-state index contributed by atoms with van der Waals surface area (Å²) in [4.78, 5) is 15.4. The Morgan fingerprint density at radius 2 is 1.94 bits per heavy atom. The summed E-state index contributed by atoms with van der Waals surface area (Å²) in [6.07, 6.45) is -0.401. The third-order valence-electron chi connectivity index (χ3n) is 6.03. The maximum absolute atomic E-state index is 11.6. The van der Waals surface area contributed by atoms with Gasteiger partial charge >= 0.3 is 6.03 Å². The molecule has 0 unspecified atom stereocenters. The van der Waals surface area contributed by atoms with Crippen LogP contribution in [0.5, 0.6) is 11.5 Å². The van der Waals surface area contributed by atoms with Crippen LogP contribution in [-0.4, -0.2) is 83.7 Å². The van der Waals surface area contributed by atoms with Crippen LogP contribution < -0.4 is 14.8 Å². The Balaban J connectivity index is 1.26.